The Labute approximate surface area is 141 Å². The second-order valence-electron chi connectivity index (χ2n) is 5.62. The van der Waals surface area contributed by atoms with Crippen LogP contribution in [0.5, 0.6) is 0 Å². The van der Waals surface area contributed by atoms with Gasteiger partial charge >= 0.3 is 0 Å². The molecular formula is C22H16N2. The van der Waals surface area contributed by atoms with Crippen molar-refractivity contribution in [2.45, 2.75) is 0 Å². The van der Waals surface area contributed by atoms with Crippen molar-refractivity contribution in [1.82, 2.24) is 9.97 Å². The Morgan fingerprint density at radius 1 is 0.500 bits per heavy atom. The molecule has 3 aromatic carbocycles. The first-order chi connectivity index (χ1) is 11.9. The fourth-order valence-corrected chi connectivity index (χ4v) is 2.82. The number of benzene rings is 3. The zero-order chi connectivity index (χ0) is 16.2. The zero-order valence-corrected chi connectivity index (χ0v) is 13.1. The molecule has 0 radical (unpaired) electrons. The van der Waals surface area contributed by atoms with Crippen molar-refractivity contribution in [3.05, 3.63) is 97.5 Å². The van der Waals surface area contributed by atoms with Gasteiger partial charge < -0.3 is 0 Å². The fourth-order valence-electron chi connectivity index (χ4n) is 2.82. The van der Waals surface area contributed by atoms with E-state index in [1.54, 1.807) is 18.6 Å². The van der Waals surface area contributed by atoms with E-state index in [-0.39, 0.29) is 0 Å². The molecule has 114 valence electrons. The van der Waals surface area contributed by atoms with Crippen molar-refractivity contribution < 1.29 is 0 Å². The van der Waals surface area contributed by atoms with E-state index in [0.717, 1.165) is 11.3 Å². The Balaban J connectivity index is 1.75. The maximum Gasteiger partial charge on any atom is 0.0885 e. The molecule has 0 saturated heterocycles. The molecule has 1 heterocycles. The van der Waals surface area contributed by atoms with Gasteiger partial charge in [-0.2, -0.15) is 0 Å². The van der Waals surface area contributed by atoms with Gasteiger partial charge in [0.05, 0.1) is 11.9 Å². The molecule has 0 aliphatic heterocycles. The predicted molar refractivity (Wildman–Crippen MR) is 98.3 cm³/mol. The van der Waals surface area contributed by atoms with Crippen LogP contribution in [0.15, 0.2) is 97.5 Å². The number of hydrogen-bond acceptors (Lipinski definition) is 2. The molecule has 0 aliphatic rings. The molecule has 0 saturated carbocycles. The molecule has 4 aromatic rings. The predicted octanol–water partition coefficient (Wildman–Crippen LogP) is 5.48. The van der Waals surface area contributed by atoms with Gasteiger partial charge in [-0.25, -0.2) is 0 Å². The van der Waals surface area contributed by atoms with Gasteiger partial charge in [-0.3, -0.25) is 9.97 Å². The van der Waals surface area contributed by atoms with Gasteiger partial charge in [0.2, 0.25) is 0 Å². The maximum absolute atomic E-state index is 4.39. The molecule has 0 fully saturated rings. The quantitative estimate of drug-likeness (QED) is 0.501. The van der Waals surface area contributed by atoms with Crippen molar-refractivity contribution in [2.75, 3.05) is 0 Å². The normalized spacial score (nSPS) is 10.5. The van der Waals surface area contributed by atoms with Crippen LogP contribution in [-0.2, 0) is 0 Å². The summed E-state index contributed by atoms with van der Waals surface area (Å²) in [4.78, 5) is 8.54. The standard InChI is InChI=1S/C22H16N2/c1-2-6-17(7-3-1)18-8-4-9-19(14-18)20-10-5-11-21(15-20)22-16-23-12-13-24-22/h1-16H. The molecule has 24 heavy (non-hydrogen) atoms. The second-order valence-corrected chi connectivity index (χ2v) is 5.62. The van der Waals surface area contributed by atoms with Gasteiger partial charge in [0.15, 0.2) is 0 Å². The van der Waals surface area contributed by atoms with Gasteiger partial charge in [0, 0.05) is 18.0 Å². The average Bonchev–Trinajstić information content (AvgIpc) is 2.70. The van der Waals surface area contributed by atoms with Crippen LogP contribution in [0.25, 0.3) is 33.5 Å². The SMILES string of the molecule is c1ccc(-c2cccc(-c3cccc(-c4cnccn4)c3)c2)cc1. The van der Waals surface area contributed by atoms with E-state index in [4.69, 9.17) is 0 Å². The minimum atomic E-state index is 0.888. The minimum Gasteiger partial charge on any atom is -0.261 e. The summed E-state index contributed by atoms with van der Waals surface area (Å²) in [5.41, 5.74) is 6.78. The molecule has 0 amide bonds. The Bertz CT molecular complexity index is 867. The van der Waals surface area contributed by atoms with E-state index in [1.807, 2.05) is 6.07 Å². The van der Waals surface area contributed by atoms with Crippen LogP contribution in [0.1, 0.15) is 0 Å². The van der Waals surface area contributed by atoms with Crippen molar-refractivity contribution in [2.24, 2.45) is 0 Å². The molecule has 0 N–H and O–H groups in total. The van der Waals surface area contributed by atoms with E-state index in [9.17, 15) is 0 Å². The average molecular weight is 308 g/mol. The number of hydrogen-bond donors (Lipinski definition) is 0. The fraction of sp³-hybridized carbons (Fsp3) is 0. The first-order valence-corrected chi connectivity index (χ1v) is 7.92. The molecular weight excluding hydrogens is 292 g/mol. The molecule has 2 heteroatoms. The minimum absolute atomic E-state index is 0.888. The van der Waals surface area contributed by atoms with Gasteiger partial charge in [-0.05, 0) is 34.4 Å². The summed E-state index contributed by atoms with van der Waals surface area (Å²) in [5, 5.41) is 0. The van der Waals surface area contributed by atoms with Gasteiger partial charge in [0.1, 0.15) is 0 Å². The first-order valence-electron chi connectivity index (χ1n) is 7.92. The Kier molecular flexibility index (Phi) is 3.86. The van der Waals surface area contributed by atoms with Crippen molar-refractivity contribution in [1.29, 1.82) is 0 Å². The van der Waals surface area contributed by atoms with Crippen LogP contribution in [0.4, 0.5) is 0 Å². The summed E-state index contributed by atoms with van der Waals surface area (Å²) < 4.78 is 0. The van der Waals surface area contributed by atoms with E-state index in [0.29, 0.717) is 0 Å². The summed E-state index contributed by atoms with van der Waals surface area (Å²) >= 11 is 0. The third-order valence-electron chi connectivity index (χ3n) is 4.02. The summed E-state index contributed by atoms with van der Waals surface area (Å²) in [6.07, 6.45) is 5.20. The molecule has 1 aromatic heterocycles. The monoisotopic (exact) mass is 308 g/mol. The zero-order valence-electron chi connectivity index (χ0n) is 13.1. The topological polar surface area (TPSA) is 25.8 Å². The van der Waals surface area contributed by atoms with E-state index in [2.05, 4.69) is 82.8 Å². The molecule has 4 rings (SSSR count). The van der Waals surface area contributed by atoms with Crippen molar-refractivity contribution in [3.8, 4) is 33.5 Å². The summed E-state index contributed by atoms with van der Waals surface area (Å²) in [6.45, 7) is 0. The van der Waals surface area contributed by atoms with Crippen LogP contribution in [0, 0.1) is 0 Å². The lowest BCUT2D eigenvalue weighted by Crippen LogP contribution is -1.86. The highest BCUT2D eigenvalue weighted by Crippen LogP contribution is 2.28. The van der Waals surface area contributed by atoms with E-state index in [1.165, 1.54) is 22.3 Å². The molecule has 0 atom stereocenters. The maximum atomic E-state index is 4.39. The Hall–Kier alpha value is -3.26. The smallest absolute Gasteiger partial charge is 0.0885 e. The van der Waals surface area contributed by atoms with Crippen LogP contribution in [0.3, 0.4) is 0 Å². The Morgan fingerprint density at radius 2 is 1.08 bits per heavy atom. The lowest BCUT2D eigenvalue weighted by molar-refractivity contribution is 1.21. The van der Waals surface area contributed by atoms with Crippen LogP contribution in [0.2, 0.25) is 0 Å². The van der Waals surface area contributed by atoms with Crippen LogP contribution < -0.4 is 0 Å². The summed E-state index contributed by atoms with van der Waals surface area (Å²) in [6, 6.07) is 27.5. The summed E-state index contributed by atoms with van der Waals surface area (Å²) in [5.74, 6) is 0. The first kappa shape index (κ1) is 14.3. The van der Waals surface area contributed by atoms with Crippen LogP contribution >= 0.6 is 0 Å². The van der Waals surface area contributed by atoms with Crippen molar-refractivity contribution >= 4 is 0 Å². The van der Waals surface area contributed by atoms with Crippen LogP contribution in [-0.4, -0.2) is 9.97 Å². The lowest BCUT2D eigenvalue weighted by atomic mass is 9.97. The van der Waals surface area contributed by atoms with Crippen molar-refractivity contribution in [3.63, 3.8) is 0 Å². The molecule has 0 unspecified atom stereocenters. The second kappa shape index (κ2) is 6.47. The summed E-state index contributed by atoms with van der Waals surface area (Å²) in [7, 11) is 0. The third kappa shape index (κ3) is 2.95. The molecule has 0 spiro atoms. The van der Waals surface area contributed by atoms with Gasteiger partial charge in [-0.1, -0.05) is 66.7 Å². The van der Waals surface area contributed by atoms with Gasteiger partial charge in [0.25, 0.3) is 0 Å². The highest BCUT2D eigenvalue weighted by atomic mass is 14.8. The number of aromatic nitrogens is 2. The number of nitrogens with zero attached hydrogens (tertiary/aromatic N) is 2. The molecule has 0 bridgehead atoms. The highest BCUT2D eigenvalue weighted by molar-refractivity contribution is 5.75. The molecule has 2 nitrogen and oxygen atoms in total. The third-order valence-corrected chi connectivity index (χ3v) is 4.02. The van der Waals surface area contributed by atoms with E-state index >= 15 is 0 Å². The highest BCUT2D eigenvalue weighted by Gasteiger charge is 2.04. The number of rotatable bonds is 3. The largest absolute Gasteiger partial charge is 0.261 e. The van der Waals surface area contributed by atoms with Gasteiger partial charge in [-0.15, -0.1) is 0 Å². The molecule has 0 aliphatic carbocycles. The Morgan fingerprint density at radius 3 is 1.75 bits per heavy atom. The lowest BCUT2D eigenvalue weighted by Gasteiger charge is -2.08. The van der Waals surface area contributed by atoms with E-state index < -0.39 is 0 Å².